The van der Waals surface area contributed by atoms with Crippen LogP contribution in [0.25, 0.3) is 0 Å². The molecule has 4 rings (SSSR count). The number of piperidine rings is 1. The van der Waals surface area contributed by atoms with Gasteiger partial charge in [0.15, 0.2) is 0 Å². The molecule has 1 saturated carbocycles. The van der Waals surface area contributed by atoms with Gasteiger partial charge in [0, 0.05) is 23.4 Å². The third-order valence-electron chi connectivity index (χ3n) is 6.38. The van der Waals surface area contributed by atoms with Crippen LogP contribution in [0.4, 0.5) is 0 Å². The number of amides is 1. The number of hydrogen-bond acceptors (Lipinski definition) is 4. The van der Waals surface area contributed by atoms with Crippen LogP contribution < -0.4 is 0 Å². The van der Waals surface area contributed by atoms with Crippen LogP contribution in [0, 0.1) is 19.8 Å². The van der Waals surface area contributed by atoms with Crippen LogP contribution >= 0.6 is 11.3 Å². The van der Waals surface area contributed by atoms with Crippen molar-refractivity contribution in [1.29, 1.82) is 0 Å². The summed E-state index contributed by atoms with van der Waals surface area (Å²) in [5, 5.41) is 12.6. The minimum atomic E-state index is -0.819. The quantitative estimate of drug-likeness (QED) is 0.871. The maximum atomic E-state index is 13.2. The lowest BCUT2D eigenvalue weighted by atomic mass is 9.66. The first-order valence-electron chi connectivity index (χ1n) is 9.99. The number of aryl methyl sites for hydroxylation is 2. The summed E-state index contributed by atoms with van der Waals surface area (Å²) in [6.45, 7) is 4.60. The zero-order valence-electron chi connectivity index (χ0n) is 16.1. The van der Waals surface area contributed by atoms with Crippen molar-refractivity contribution in [2.75, 3.05) is 6.54 Å². The summed E-state index contributed by atoms with van der Waals surface area (Å²) in [5.41, 5.74) is 1.16. The molecule has 27 heavy (non-hydrogen) atoms. The van der Waals surface area contributed by atoms with Crippen LogP contribution in [-0.4, -0.2) is 33.5 Å². The van der Waals surface area contributed by atoms with Crippen molar-refractivity contribution in [2.45, 2.75) is 64.0 Å². The van der Waals surface area contributed by atoms with Crippen molar-refractivity contribution in [3.63, 3.8) is 0 Å². The van der Waals surface area contributed by atoms with E-state index in [-0.39, 0.29) is 17.9 Å². The van der Waals surface area contributed by atoms with E-state index >= 15 is 0 Å². The number of benzene rings is 1. The summed E-state index contributed by atoms with van der Waals surface area (Å²) in [6, 6.07) is 10.2. The Labute approximate surface area is 165 Å². The smallest absolute Gasteiger partial charge is 0.228 e. The second-order valence-electron chi connectivity index (χ2n) is 8.00. The minimum Gasteiger partial charge on any atom is -0.385 e. The van der Waals surface area contributed by atoms with Crippen LogP contribution in [0.15, 0.2) is 30.3 Å². The van der Waals surface area contributed by atoms with Crippen LogP contribution in [0.2, 0.25) is 0 Å². The molecular weight excluding hydrogens is 356 g/mol. The number of aromatic nitrogens is 1. The number of thiazole rings is 1. The number of carbonyl (C=O) groups is 1. The molecule has 1 aromatic carbocycles. The topological polar surface area (TPSA) is 53.4 Å². The monoisotopic (exact) mass is 384 g/mol. The normalized spacial score (nSPS) is 28.0. The highest BCUT2D eigenvalue weighted by atomic mass is 32.1. The second kappa shape index (κ2) is 7.36. The Kier molecular flexibility index (Phi) is 5.08. The van der Waals surface area contributed by atoms with Gasteiger partial charge in [-0.05, 0) is 38.7 Å². The van der Waals surface area contributed by atoms with Gasteiger partial charge in [0.25, 0.3) is 0 Å². The van der Waals surface area contributed by atoms with Gasteiger partial charge in [0.05, 0.1) is 22.7 Å². The fraction of sp³-hybridized carbons (Fsp3) is 0.545. The minimum absolute atomic E-state index is 0.121. The average molecular weight is 385 g/mol. The molecule has 1 unspecified atom stereocenters. The Morgan fingerprint density at radius 3 is 2.70 bits per heavy atom. The Morgan fingerprint density at radius 1 is 1.26 bits per heavy atom. The van der Waals surface area contributed by atoms with Crippen LogP contribution in [0.3, 0.4) is 0 Å². The molecule has 2 heterocycles. The van der Waals surface area contributed by atoms with Gasteiger partial charge in [-0.15, -0.1) is 11.3 Å². The standard InChI is InChI=1S/C22H28N2O2S/c1-15-20(27-16(2)23-15)14-21(25)24-13-12-22(26,17-8-4-3-5-9-17)18-10-6-7-11-19(18)24/h3-5,8-9,18-19,26H,6-7,10-14H2,1-2H3/t18-,19+,22?/m1/s1. The lowest BCUT2D eigenvalue weighted by molar-refractivity contribution is -0.154. The third kappa shape index (κ3) is 3.43. The number of carbonyl (C=O) groups excluding carboxylic acids is 1. The van der Waals surface area contributed by atoms with Crippen LogP contribution in [0.5, 0.6) is 0 Å². The maximum Gasteiger partial charge on any atom is 0.228 e. The molecule has 1 N–H and O–H groups in total. The number of likely N-dealkylation sites (tertiary alicyclic amines) is 1. The predicted molar refractivity (Wildman–Crippen MR) is 108 cm³/mol. The fourth-order valence-corrected chi connectivity index (χ4v) is 5.98. The van der Waals surface area contributed by atoms with Gasteiger partial charge in [0.1, 0.15) is 0 Å². The maximum absolute atomic E-state index is 13.2. The van der Waals surface area contributed by atoms with E-state index in [0.29, 0.717) is 19.4 Å². The first kappa shape index (κ1) is 18.6. The molecular formula is C22H28N2O2S. The first-order chi connectivity index (χ1) is 13.0. The SMILES string of the molecule is Cc1nc(C)c(CC(=O)N2CCC(O)(c3ccccc3)[C@@H]3CCCC[C@@H]32)s1. The molecule has 1 aliphatic carbocycles. The van der Waals surface area contributed by atoms with E-state index in [9.17, 15) is 9.90 Å². The average Bonchev–Trinajstić information content (AvgIpc) is 2.99. The van der Waals surface area contributed by atoms with Gasteiger partial charge in [-0.1, -0.05) is 43.2 Å². The Hall–Kier alpha value is -1.72. The largest absolute Gasteiger partial charge is 0.385 e. The first-order valence-corrected chi connectivity index (χ1v) is 10.8. The zero-order chi connectivity index (χ0) is 19.0. The molecule has 3 atom stereocenters. The van der Waals surface area contributed by atoms with Crippen molar-refractivity contribution < 1.29 is 9.90 Å². The van der Waals surface area contributed by atoms with Crippen molar-refractivity contribution >= 4 is 17.2 Å². The highest BCUT2D eigenvalue weighted by Gasteiger charge is 2.50. The molecule has 2 fully saturated rings. The second-order valence-corrected chi connectivity index (χ2v) is 9.29. The van der Waals surface area contributed by atoms with E-state index in [1.165, 1.54) is 0 Å². The molecule has 1 aliphatic heterocycles. The Balaban J connectivity index is 1.58. The molecule has 5 heteroatoms. The molecule has 0 spiro atoms. The number of nitrogens with zero attached hydrogens (tertiary/aromatic N) is 2. The Morgan fingerprint density at radius 2 is 2.00 bits per heavy atom. The number of aliphatic hydroxyl groups is 1. The molecule has 4 nitrogen and oxygen atoms in total. The van der Waals surface area contributed by atoms with Gasteiger partial charge in [-0.2, -0.15) is 0 Å². The van der Waals surface area contributed by atoms with E-state index < -0.39 is 5.60 Å². The zero-order valence-corrected chi connectivity index (χ0v) is 17.0. The molecule has 144 valence electrons. The molecule has 0 bridgehead atoms. The summed E-state index contributed by atoms with van der Waals surface area (Å²) in [4.78, 5) is 20.8. The van der Waals surface area contributed by atoms with E-state index in [1.54, 1.807) is 11.3 Å². The lowest BCUT2D eigenvalue weighted by Gasteiger charge is -2.52. The predicted octanol–water partition coefficient (Wildman–Crippen LogP) is 3.98. The van der Waals surface area contributed by atoms with E-state index in [2.05, 4.69) is 9.88 Å². The number of hydrogen-bond donors (Lipinski definition) is 1. The number of rotatable bonds is 3. The lowest BCUT2D eigenvalue weighted by Crippen LogP contribution is -2.59. The van der Waals surface area contributed by atoms with Gasteiger partial charge in [-0.25, -0.2) is 4.98 Å². The van der Waals surface area contributed by atoms with Crippen LogP contribution in [-0.2, 0) is 16.8 Å². The molecule has 2 aromatic rings. The van der Waals surface area contributed by atoms with Gasteiger partial charge >= 0.3 is 0 Å². The molecule has 1 aromatic heterocycles. The van der Waals surface area contributed by atoms with Crippen molar-refractivity contribution in [3.05, 3.63) is 51.5 Å². The van der Waals surface area contributed by atoms with Crippen molar-refractivity contribution in [2.24, 2.45) is 5.92 Å². The highest BCUT2D eigenvalue weighted by Crippen LogP contribution is 2.47. The summed E-state index contributed by atoms with van der Waals surface area (Å²) in [7, 11) is 0. The molecule has 0 radical (unpaired) electrons. The van der Waals surface area contributed by atoms with Gasteiger partial charge < -0.3 is 10.0 Å². The highest BCUT2D eigenvalue weighted by molar-refractivity contribution is 7.11. The third-order valence-corrected chi connectivity index (χ3v) is 7.46. The summed E-state index contributed by atoms with van der Waals surface area (Å²) in [6.07, 6.45) is 5.29. The number of fused-ring (bicyclic) bond motifs is 1. The molecule has 1 saturated heterocycles. The summed E-state index contributed by atoms with van der Waals surface area (Å²) in [5.74, 6) is 0.310. The molecule has 2 aliphatic rings. The summed E-state index contributed by atoms with van der Waals surface area (Å²) >= 11 is 1.62. The Bertz CT molecular complexity index is 819. The summed E-state index contributed by atoms with van der Waals surface area (Å²) < 4.78 is 0. The van der Waals surface area contributed by atoms with Crippen molar-refractivity contribution in [3.8, 4) is 0 Å². The van der Waals surface area contributed by atoms with Crippen molar-refractivity contribution in [1.82, 2.24) is 9.88 Å². The van der Waals surface area contributed by atoms with Gasteiger partial charge in [0.2, 0.25) is 5.91 Å². The van der Waals surface area contributed by atoms with E-state index in [0.717, 1.165) is 46.8 Å². The van der Waals surface area contributed by atoms with E-state index in [1.807, 2.05) is 44.2 Å². The van der Waals surface area contributed by atoms with E-state index in [4.69, 9.17) is 0 Å². The van der Waals surface area contributed by atoms with Gasteiger partial charge in [-0.3, -0.25) is 4.79 Å². The molecule has 1 amide bonds. The fourth-order valence-electron chi connectivity index (χ4n) is 5.05. The van der Waals surface area contributed by atoms with Crippen LogP contribution in [0.1, 0.15) is 53.2 Å².